The van der Waals surface area contributed by atoms with Crippen LogP contribution in [0.1, 0.15) is 26.6 Å². The van der Waals surface area contributed by atoms with Crippen LogP contribution in [0.25, 0.3) is 17.1 Å². The number of aryl methyl sites for hydroxylation is 1. The Morgan fingerprint density at radius 1 is 0.977 bits per heavy atom. The van der Waals surface area contributed by atoms with Crippen molar-refractivity contribution in [2.45, 2.75) is 24.4 Å². The van der Waals surface area contributed by atoms with Crippen molar-refractivity contribution in [1.82, 2.24) is 29.5 Å². The third-order valence-corrected chi connectivity index (χ3v) is 9.94. The fourth-order valence-corrected chi connectivity index (χ4v) is 7.24. The topological polar surface area (TPSA) is 85.6 Å². The molecule has 7 rings (SSSR count). The number of rotatable bonds is 8. The van der Waals surface area contributed by atoms with Crippen molar-refractivity contribution in [2.75, 3.05) is 33.0 Å². The second kappa shape index (κ2) is 12.6. The summed E-state index contributed by atoms with van der Waals surface area (Å²) in [4.78, 5) is 22.3. The number of benzene rings is 3. The molecule has 1 saturated heterocycles. The van der Waals surface area contributed by atoms with Crippen LogP contribution in [0, 0.1) is 6.92 Å². The lowest BCUT2D eigenvalue weighted by molar-refractivity contribution is 0.0623. The van der Waals surface area contributed by atoms with Crippen molar-refractivity contribution in [1.29, 1.82) is 0 Å². The number of carbonyl (C=O) groups excluding carboxylic acids is 1. The molecule has 0 aliphatic carbocycles. The maximum absolute atomic E-state index is 13.3. The first-order valence-corrected chi connectivity index (χ1v) is 16.5. The van der Waals surface area contributed by atoms with E-state index in [4.69, 9.17) is 26.1 Å². The van der Waals surface area contributed by atoms with Crippen LogP contribution in [0.5, 0.6) is 11.5 Å². The molecule has 224 valence electrons. The van der Waals surface area contributed by atoms with Crippen molar-refractivity contribution in [3.63, 3.8) is 0 Å². The lowest BCUT2D eigenvalue weighted by Crippen LogP contribution is -2.48. The number of carbonyl (C=O) groups is 1. The van der Waals surface area contributed by atoms with E-state index >= 15 is 0 Å². The van der Waals surface area contributed by atoms with Crippen LogP contribution in [0.2, 0.25) is 5.02 Å². The van der Waals surface area contributed by atoms with Crippen molar-refractivity contribution >= 4 is 40.6 Å². The van der Waals surface area contributed by atoms with Crippen LogP contribution < -0.4 is 9.47 Å². The van der Waals surface area contributed by atoms with Gasteiger partial charge in [0.2, 0.25) is 6.79 Å². The van der Waals surface area contributed by atoms with Gasteiger partial charge in [-0.15, -0.1) is 21.5 Å². The third kappa shape index (κ3) is 6.05. The second-order valence-electron chi connectivity index (χ2n) is 10.6. The highest BCUT2D eigenvalue weighted by atomic mass is 35.5. The summed E-state index contributed by atoms with van der Waals surface area (Å²) in [6.07, 6.45) is 0. The van der Waals surface area contributed by atoms with Gasteiger partial charge in [0.1, 0.15) is 10.7 Å². The number of hydrogen-bond acceptors (Lipinski definition) is 9. The van der Waals surface area contributed by atoms with Crippen LogP contribution in [-0.4, -0.2) is 68.4 Å². The summed E-state index contributed by atoms with van der Waals surface area (Å²) in [5.74, 6) is 2.80. The monoisotopic (exact) mass is 644 g/mol. The molecule has 12 heteroatoms. The summed E-state index contributed by atoms with van der Waals surface area (Å²) in [6.45, 7) is 6.07. The zero-order chi connectivity index (χ0) is 30.0. The highest BCUT2D eigenvalue weighted by molar-refractivity contribution is 7.98. The van der Waals surface area contributed by atoms with Crippen LogP contribution in [-0.2, 0) is 12.3 Å². The first-order valence-electron chi connectivity index (χ1n) is 14.3. The minimum atomic E-state index is -0.0240. The van der Waals surface area contributed by atoms with Crippen molar-refractivity contribution < 1.29 is 14.3 Å². The van der Waals surface area contributed by atoms with Gasteiger partial charge in [0, 0.05) is 49.4 Å². The summed E-state index contributed by atoms with van der Waals surface area (Å²) < 4.78 is 12.9. The normalized spacial score (nSPS) is 14.7. The molecule has 5 aromatic rings. The molecular formula is C32H29ClN6O3S2. The second-order valence-corrected chi connectivity index (χ2v) is 12.9. The van der Waals surface area contributed by atoms with E-state index in [1.165, 1.54) is 34.2 Å². The summed E-state index contributed by atoms with van der Waals surface area (Å²) in [5, 5.41) is 13.1. The van der Waals surface area contributed by atoms with Gasteiger partial charge in [-0.1, -0.05) is 59.3 Å². The summed E-state index contributed by atoms with van der Waals surface area (Å²) in [6, 6.07) is 21.9. The smallest absolute Gasteiger partial charge is 0.273 e. The predicted molar refractivity (Wildman–Crippen MR) is 172 cm³/mol. The Hall–Kier alpha value is -3.90. The number of thioether (sulfide) groups is 1. The van der Waals surface area contributed by atoms with Gasteiger partial charge in [0.05, 0.1) is 10.8 Å². The van der Waals surface area contributed by atoms with Gasteiger partial charge in [0.15, 0.2) is 22.5 Å². The van der Waals surface area contributed by atoms with Gasteiger partial charge in [-0.25, -0.2) is 4.98 Å². The van der Waals surface area contributed by atoms with Crippen LogP contribution in [0.3, 0.4) is 0 Å². The van der Waals surface area contributed by atoms with Gasteiger partial charge in [0.25, 0.3) is 5.91 Å². The number of fused-ring (bicyclic) bond motifs is 1. The van der Waals surface area contributed by atoms with Crippen molar-refractivity contribution in [3.8, 4) is 28.6 Å². The molecule has 2 aliphatic rings. The number of nitrogens with zero attached hydrogens (tertiary/aromatic N) is 6. The highest BCUT2D eigenvalue weighted by Crippen LogP contribution is 2.34. The summed E-state index contributed by atoms with van der Waals surface area (Å²) in [7, 11) is 0. The predicted octanol–water partition coefficient (Wildman–Crippen LogP) is 6.33. The van der Waals surface area contributed by atoms with E-state index in [1.807, 2.05) is 51.2 Å². The zero-order valence-corrected chi connectivity index (χ0v) is 26.4. The van der Waals surface area contributed by atoms with E-state index in [2.05, 4.69) is 52.4 Å². The van der Waals surface area contributed by atoms with E-state index < -0.39 is 0 Å². The average Bonchev–Trinajstić information content (AvgIpc) is 3.81. The molecule has 0 saturated carbocycles. The molecule has 0 radical (unpaired) electrons. The SMILES string of the molecule is Cc1ccc(-n2c(SCc3nc(C(=O)N4CCN(Cc5ccc6c(c5)OCO6)CC4)cs3)nnc2-c2ccccc2Cl)cc1. The Morgan fingerprint density at radius 2 is 1.77 bits per heavy atom. The lowest BCUT2D eigenvalue weighted by Gasteiger charge is -2.34. The van der Waals surface area contributed by atoms with E-state index in [0.29, 0.717) is 35.4 Å². The molecule has 1 fully saturated rings. The molecule has 0 bridgehead atoms. The molecule has 0 N–H and O–H groups in total. The number of hydrogen-bond donors (Lipinski definition) is 0. The molecule has 2 aromatic heterocycles. The van der Waals surface area contributed by atoms with Gasteiger partial charge in [-0.05, 0) is 48.9 Å². The van der Waals surface area contributed by atoms with Crippen LogP contribution in [0.15, 0.2) is 77.3 Å². The van der Waals surface area contributed by atoms with E-state index in [-0.39, 0.29) is 12.7 Å². The summed E-state index contributed by atoms with van der Waals surface area (Å²) >= 11 is 9.57. The molecule has 0 unspecified atom stereocenters. The Bertz CT molecular complexity index is 1800. The summed E-state index contributed by atoms with van der Waals surface area (Å²) in [5.41, 5.74) is 4.60. The van der Waals surface area contributed by atoms with E-state index in [1.54, 1.807) is 0 Å². The number of amides is 1. The molecule has 44 heavy (non-hydrogen) atoms. The Morgan fingerprint density at radius 3 is 2.59 bits per heavy atom. The number of halogens is 1. The molecule has 4 heterocycles. The first-order chi connectivity index (χ1) is 21.5. The fraction of sp³-hybridized carbons (Fsp3) is 0.250. The number of piperazine rings is 1. The Kier molecular flexibility index (Phi) is 8.26. The number of aromatic nitrogens is 4. The number of thiazole rings is 1. The quantitative estimate of drug-likeness (QED) is 0.181. The molecule has 2 aliphatic heterocycles. The largest absolute Gasteiger partial charge is 0.454 e. The van der Waals surface area contributed by atoms with Gasteiger partial charge >= 0.3 is 0 Å². The Labute approximate surface area is 268 Å². The first kappa shape index (κ1) is 28.8. The molecule has 9 nitrogen and oxygen atoms in total. The molecule has 1 amide bonds. The van der Waals surface area contributed by atoms with E-state index in [0.717, 1.165) is 52.5 Å². The maximum Gasteiger partial charge on any atom is 0.273 e. The molecule has 3 aromatic carbocycles. The molecule has 0 spiro atoms. The van der Waals surface area contributed by atoms with Crippen LogP contribution >= 0.6 is 34.7 Å². The van der Waals surface area contributed by atoms with Gasteiger partial charge in [-0.3, -0.25) is 14.3 Å². The minimum Gasteiger partial charge on any atom is -0.454 e. The zero-order valence-electron chi connectivity index (χ0n) is 24.0. The van der Waals surface area contributed by atoms with Crippen molar-refractivity contribution in [3.05, 3.63) is 99.0 Å². The van der Waals surface area contributed by atoms with Crippen molar-refractivity contribution in [2.24, 2.45) is 0 Å². The maximum atomic E-state index is 13.3. The Balaban J connectivity index is 0.998. The standard InChI is InChI=1S/C32H29ClN6O3S2/c1-21-6-9-23(10-7-21)39-30(24-4-2-3-5-25(24)33)35-36-32(39)44-19-29-34-26(18-43-29)31(40)38-14-12-37(13-15-38)17-22-8-11-27-28(16-22)42-20-41-27/h2-11,16,18H,12-15,17,19-20H2,1H3. The van der Waals surface area contributed by atoms with Crippen LogP contribution in [0.4, 0.5) is 0 Å². The average molecular weight is 645 g/mol. The van der Waals surface area contributed by atoms with Gasteiger partial charge in [-0.2, -0.15) is 0 Å². The van der Waals surface area contributed by atoms with E-state index in [9.17, 15) is 4.79 Å². The van der Waals surface area contributed by atoms with Gasteiger partial charge < -0.3 is 14.4 Å². The minimum absolute atomic E-state index is 0.0240. The number of ether oxygens (including phenoxy) is 2. The fourth-order valence-electron chi connectivity index (χ4n) is 5.28. The third-order valence-electron chi connectivity index (χ3n) is 7.64. The molecular weight excluding hydrogens is 616 g/mol. The highest BCUT2D eigenvalue weighted by Gasteiger charge is 2.25. The lowest BCUT2D eigenvalue weighted by atomic mass is 10.1. The molecule has 0 atom stereocenters.